The minimum absolute atomic E-state index is 0.0782. The van der Waals surface area contributed by atoms with Gasteiger partial charge in [-0.25, -0.2) is 4.39 Å². The summed E-state index contributed by atoms with van der Waals surface area (Å²) >= 11 is 6.61. The molecule has 188 valence electrons. The number of halogens is 1. The normalized spacial score (nSPS) is 17.3. The lowest BCUT2D eigenvalue weighted by molar-refractivity contribution is -0.121. The number of benzene rings is 1. The number of thioether (sulfide) groups is 1. The summed E-state index contributed by atoms with van der Waals surface area (Å²) < 4.78 is 16.5. The van der Waals surface area contributed by atoms with E-state index in [1.54, 1.807) is 34.6 Å². The van der Waals surface area contributed by atoms with Crippen LogP contribution in [0.1, 0.15) is 37.0 Å². The van der Waals surface area contributed by atoms with E-state index in [4.69, 9.17) is 12.2 Å². The zero-order valence-electron chi connectivity index (χ0n) is 20.6. The van der Waals surface area contributed by atoms with Gasteiger partial charge in [0.05, 0.1) is 10.6 Å². The number of nitrogens with zero attached hydrogens (tertiary/aromatic N) is 5. The Hall–Kier alpha value is -3.16. The Morgan fingerprint density at radius 2 is 1.81 bits per heavy atom. The number of pyridine rings is 1. The molecule has 0 unspecified atom stereocenters. The lowest BCUT2D eigenvalue weighted by Crippen LogP contribution is -2.49. The average molecular weight is 526 g/mol. The lowest BCUT2D eigenvalue weighted by atomic mass is 10.0. The van der Waals surface area contributed by atoms with Gasteiger partial charge in [-0.15, -0.1) is 0 Å². The van der Waals surface area contributed by atoms with Gasteiger partial charge in [-0.1, -0.05) is 43.0 Å². The molecular formula is C26H28FN5O2S2. The minimum Gasteiger partial charge on any atom is -0.366 e. The molecular weight excluding hydrogens is 497 g/mol. The third-order valence-electron chi connectivity index (χ3n) is 6.53. The summed E-state index contributed by atoms with van der Waals surface area (Å²) in [6.45, 7) is 8.76. The standard InChI is InChI=1S/C26H28FN5O2S2/c1-4-10-32-23(30-13-11-29(12-14-30)21-9-7-6-8-20(21)27)18(17(3)19(16-28)24(32)33)15-22-25(34)31(5-2)26(35)36-22/h6-9,15H,4-5,10-14H2,1-3H3. The Labute approximate surface area is 219 Å². The number of nitriles is 1. The SMILES string of the molecule is CCCn1c(N2CCN(c3ccccc3F)CC2)c(C=C2SC(=S)N(CC)C2=O)c(C)c(C#N)c1=O. The predicted molar refractivity (Wildman–Crippen MR) is 147 cm³/mol. The van der Waals surface area contributed by atoms with Crippen molar-refractivity contribution >= 4 is 51.8 Å². The molecule has 0 N–H and O–H groups in total. The Morgan fingerprint density at radius 3 is 2.39 bits per heavy atom. The highest BCUT2D eigenvalue weighted by molar-refractivity contribution is 8.26. The molecule has 0 atom stereocenters. The highest BCUT2D eigenvalue weighted by atomic mass is 32.2. The van der Waals surface area contributed by atoms with Gasteiger partial charge in [0.2, 0.25) is 0 Å². The predicted octanol–water partition coefficient (Wildman–Crippen LogP) is 4.13. The van der Waals surface area contributed by atoms with E-state index in [9.17, 15) is 19.2 Å². The molecule has 0 saturated carbocycles. The maximum absolute atomic E-state index is 14.4. The van der Waals surface area contributed by atoms with Gasteiger partial charge in [0.15, 0.2) is 0 Å². The molecule has 2 aliphatic rings. The first-order valence-electron chi connectivity index (χ1n) is 12.0. The van der Waals surface area contributed by atoms with Crippen LogP contribution in [0.2, 0.25) is 0 Å². The number of carbonyl (C=O) groups is 1. The molecule has 36 heavy (non-hydrogen) atoms. The quantitative estimate of drug-likeness (QED) is 0.415. The summed E-state index contributed by atoms with van der Waals surface area (Å²) in [6, 6.07) is 8.79. The molecule has 2 aliphatic heterocycles. The van der Waals surface area contributed by atoms with E-state index in [1.165, 1.54) is 17.8 Å². The Morgan fingerprint density at radius 1 is 1.14 bits per heavy atom. The number of hydrogen-bond donors (Lipinski definition) is 0. The van der Waals surface area contributed by atoms with Crippen LogP contribution >= 0.6 is 24.0 Å². The molecule has 0 bridgehead atoms. The largest absolute Gasteiger partial charge is 0.366 e. The fourth-order valence-electron chi connectivity index (χ4n) is 4.69. The van der Waals surface area contributed by atoms with Gasteiger partial charge < -0.3 is 9.80 Å². The van der Waals surface area contributed by atoms with E-state index in [1.807, 2.05) is 24.8 Å². The van der Waals surface area contributed by atoms with E-state index in [-0.39, 0.29) is 22.8 Å². The van der Waals surface area contributed by atoms with E-state index in [2.05, 4.69) is 11.0 Å². The number of aromatic nitrogens is 1. The van der Waals surface area contributed by atoms with Crippen molar-refractivity contribution < 1.29 is 9.18 Å². The third kappa shape index (κ3) is 4.65. The number of thiocarbonyl (C=S) groups is 1. The summed E-state index contributed by atoms with van der Waals surface area (Å²) in [6.07, 6.45) is 2.47. The Kier molecular flexibility index (Phi) is 7.81. The zero-order valence-corrected chi connectivity index (χ0v) is 22.2. The van der Waals surface area contributed by atoms with Crippen LogP contribution in [0.4, 0.5) is 15.9 Å². The van der Waals surface area contributed by atoms with Gasteiger partial charge in [-0.2, -0.15) is 5.26 Å². The Bertz CT molecular complexity index is 1340. The van der Waals surface area contributed by atoms with Crippen LogP contribution in [-0.4, -0.2) is 52.4 Å². The number of amides is 1. The van der Waals surface area contributed by atoms with E-state index >= 15 is 0 Å². The van der Waals surface area contributed by atoms with Crippen molar-refractivity contribution in [2.75, 3.05) is 42.5 Å². The molecule has 3 heterocycles. The van der Waals surface area contributed by atoms with Crippen LogP contribution < -0.4 is 15.4 Å². The maximum atomic E-state index is 14.4. The second kappa shape index (κ2) is 10.8. The molecule has 1 amide bonds. The van der Waals surface area contributed by atoms with Gasteiger partial charge in [0.1, 0.15) is 27.6 Å². The van der Waals surface area contributed by atoms with Crippen LogP contribution in [0.15, 0.2) is 34.0 Å². The minimum atomic E-state index is -0.332. The van der Waals surface area contributed by atoms with Crippen molar-refractivity contribution in [3.8, 4) is 6.07 Å². The van der Waals surface area contributed by atoms with E-state index in [0.29, 0.717) is 77.5 Å². The molecule has 2 saturated heterocycles. The van der Waals surface area contributed by atoms with Crippen molar-refractivity contribution in [2.45, 2.75) is 33.7 Å². The van der Waals surface area contributed by atoms with Crippen molar-refractivity contribution in [3.05, 3.63) is 62.0 Å². The molecule has 0 spiro atoms. The van der Waals surface area contributed by atoms with Gasteiger partial charge in [0.25, 0.3) is 11.5 Å². The van der Waals surface area contributed by atoms with Crippen molar-refractivity contribution in [1.29, 1.82) is 5.26 Å². The van der Waals surface area contributed by atoms with Crippen LogP contribution in [0, 0.1) is 24.1 Å². The molecule has 1 aromatic heterocycles. The van der Waals surface area contributed by atoms with Crippen molar-refractivity contribution in [3.63, 3.8) is 0 Å². The number of para-hydroxylation sites is 1. The van der Waals surface area contributed by atoms with Gasteiger partial charge in [-0.05, 0) is 44.0 Å². The summed E-state index contributed by atoms with van der Waals surface area (Å²) in [5.41, 5.74) is 1.53. The number of hydrogen-bond acceptors (Lipinski definition) is 7. The van der Waals surface area contributed by atoms with Gasteiger partial charge in [-0.3, -0.25) is 19.1 Å². The summed E-state index contributed by atoms with van der Waals surface area (Å²) in [7, 11) is 0. The zero-order chi connectivity index (χ0) is 26.0. The molecule has 2 fully saturated rings. The first-order chi connectivity index (χ1) is 17.3. The van der Waals surface area contributed by atoms with Crippen molar-refractivity contribution in [2.24, 2.45) is 0 Å². The van der Waals surface area contributed by atoms with Crippen LogP contribution in [-0.2, 0) is 11.3 Å². The first kappa shape index (κ1) is 25.9. The maximum Gasteiger partial charge on any atom is 0.270 e. The van der Waals surface area contributed by atoms with E-state index < -0.39 is 0 Å². The second-order valence-corrected chi connectivity index (χ2v) is 10.3. The number of likely N-dealkylation sites (N-methyl/N-ethyl adjacent to an activating group) is 1. The smallest absolute Gasteiger partial charge is 0.270 e. The van der Waals surface area contributed by atoms with Crippen LogP contribution in [0.3, 0.4) is 0 Å². The first-order valence-corrected chi connectivity index (χ1v) is 13.2. The number of anilines is 2. The van der Waals surface area contributed by atoms with Gasteiger partial charge >= 0.3 is 0 Å². The second-order valence-electron chi connectivity index (χ2n) is 8.66. The molecule has 7 nitrogen and oxygen atoms in total. The molecule has 10 heteroatoms. The van der Waals surface area contributed by atoms with Gasteiger partial charge in [0, 0.05) is 44.8 Å². The van der Waals surface area contributed by atoms with Crippen LogP contribution in [0.25, 0.3) is 6.08 Å². The highest BCUT2D eigenvalue weighted by Gasteiger charge is 2.33. The molecule has 2 aromatic rings. The number of rotatable bonds is 6. The lowest BCUT2D eigenvalue weighted by Gasteiger charge is -2.39. The fourth-order valence-corrected chi connectivity index (χ4v) is 6.05. The Balaban J connectivity index is 1.80. The summed E-state index contributed by atoms with van der Waals surface area (Å²) in [5, 5.41) is 9.80. The van der Waals surface area contributed by atoms with Crippen molar-refractivity contribution in [1.82, 2.24) is 9.47 Å². The molecule has 0 aliphatic carbocycles. The van der Waals surface area contributed by atoms with E-state index in [0.717, 1.165) is 0 Å². The average Bonchev–Trinajstić information content (AvgIpc) is 3.15. The number of carbonyl (C=O) groups excluding carboxylic acids is 1. The number of piperazine rings is 1. The summed E-state index contributed by atoms with van der Waals surface area (Å²) in [5.74, 6) is 0.254. The monoisotopic (exact) mass is 525 g/mol. The third-order valence-corrected chi connectivity index (χ3v) is 7.91. The summed E-state index contributed by atoms with van der Waals surface area (Å²) in [4.78, 5) is 32.4. The molecule has 1 aromatic carbocycles. The molecule has 0 radical (unpaired) electrons. The van der Waals surface area contributed by atoms with Crippen LogP contribution in [0.5, 0.6) is 0 Å². The fraction of sp³-hybridized carbons (Fsp3) is 0.385. The molecule has 4 rings (SSSR count). The highest BCUT2D eigenvalue weighted by Crippen LogP contribution is 2.36. The topological polar surface area (TPSA) is 72.6 Å².